The van der Waals surface area contributed by atoms with Crippen LogP contribution in [0.5, 0.6) is 0 Å². The number of hydrogen-bond donors (Lipinski definition) is 0. The van der Waals surface area contributed by atoms with E-state index in [0.29, 0.717) is 0 Å². The van der Waals surface area contributed by atoms with Gasteiger partial charge < -0.3 is 0 Å². The summed E-state index contributed by atoms with van der Waals surface area (Å²) < 4.78 is 0. The zero-order chi connectivity index (χ0) is 29.6. The van der Waals surface area contributed by atoms with Crippen LogP contribution in [0, 0.1) is 41.5 Å². The van der Waals surface area contributed by atoms with Gasteiger partial charge in [0.2, 0.25) is 0 Å². The van der Waals surface area contributed by atoms with Crippen molar-refractivity contribution in [3.8, 4) is 39.7 Å². The molecule has 0 saturated heterocycles. The minimum atomic E-state index is 1.32. The largest absolute Gasteiger partial charge is 0.141 e. The van der Waals surface area contributed by atoms with E-state index in [9.17, 15) is 0 Å². The molecule has 0 aliphatic heterocycles. The average molecular weight is 659 g/mol. The highest BCUT2D eigenvalue weighted by Gasteiger charge is 2.08. The summed E-state index contributed by atoms with van der Waals surface area (Å²) in [7, 11) is 0. The van der Waals surface area contributed by atoms with Gasteiger partial charge in [-0.1, -0.05) is 29.8 Å². The first-order valence-corrected chi connectivity index (χ1v) is 18.6. The van der Waals surface area contributed by atoms with Gasteiger partial charge in [0.15, 0.2) is 0 Å². The highest BCUT2D eigenvalue weighted by molar-refractivity contribution is 7.26. The molecule has 0 amide bonds. The molecule has 0 atom stereocenters. The quantitative estimate of drug-likeness (QED) is 0.177. The molecule has 0 bridgehead atoms. The van der Waals surface area contributed by atoms with Gasteiger partial charge in [0.25, 0.3) is 0 Å². The summed E-state index contributed by atoms with van der Waals surface area (Å²) >= 11 is 11.2. The zero-order valence-electron chi connectivity index (χ0n) is 24.7. The molecule has 0 aliphatic rings. The molecule has 0 nitrogen and oxygen atoms in total. The predicted molar refractivity (Wildman–Crippen MR) is 197 cm³/mol. The second kappa shape index (κ2) is 14.3. The second-order valence-electron chi connectivity index (χ2n) is 10.1. The van der Waals surface area contributed by atoms with Crippen molar-refractivity contribution in [3.63, 3.8) is 0 Å². The van der Waals surface area contributed by atoms with Gasteiger partial charge in [0, 0.05) is 58.5 Å². The van der Waals surface area contributed by atoms with Crippen molar-refractivity contribution in [2.75, 3.05) is 0 Å². The van der Waals surface area contributed by atoms with Crippen LogP contribution in [-0.4, -0.2) is 0 Å². The third kappa shape index (κ3) is 8.28. The number of rotatable bonds is 4. The second-order valence-corrected chi connectivity index (χ2v) is 17.6. The average Bonchev–Trinajstić information content (AvgIpc) is 3.79. The molecular formula is C36H34S6. The normalized spacial score (nSPS) is 10.6. The summed E-state index contributed by atoms with van der Waals surface area (Å²) in [6.45, 7) is 12.9. The van der Waals surface area contributed by atoms with Crippen molar-refractivity contribution < 1.29 is 0 Å². The fourth-order valence-corrected chi connectivity index (χ4v) is 9.80. The van der Waals surface area contributed by atoms with E-state index in [4.69, 9.17) is 0 Å². The highest BCUT2D eigenvalue weighted by atomic mass is 32.1. The van der Waals surface area contributed by atoms with Crippen LogP contribution in [0.25, 0.3) is 39.7 Å². The van der Waals surface area contributed by atoms with Crippen molar-refractivity contribution in [2.24, 2.45) is 0 Å². The maximum Gasteiger partial charge on any atom is 0.0449 e. The molecule has 0 fully saturated rings. The van der Waals surface area contributed by atoms with E-state index < -0.39 is 0 Å². The third-order valence-electron chi connectivity index (χ3n) is 6.37. The van der Waals surface area contributed by atoms with E-state index in [1.54, 1.807) is 0 Å². The Morgan fingerprint density at radius 2 is 0.524 bits per heavy atom. The lowest BCUT2D eigenvalue weighted by atomic mass is 10.1. The van der Waals surface area contributed by atoms with E-state index in [0.717, 1.165) is 0 Å². The topological polar surface area (TPSA) is 0 Å². The van der Waals surface area contributed by atoms with Crippen molar-refractivity contribution >= 4 is 68.0 Å². The first-order chi connectivity index (χ1) is 20.2. The number of aryl methyl sites for hydroxylation is 6. The molecule has 6 heteroatoms. The van der Waals surface area contributed by atoms with Crippen LogP contribution in [0.2, 0.25) is 0 Å². The van der Waals surface area contributed by atoms with Crippen molar-refractivity contribution in [1.29, 1.82) is 0 Å². The molecule has 214 valence electrons. The number of benzene rings is 1. The summed E-state index contributed by atoms with van der Waals surface area (Å²) in [6, 6.07) is 35.1. The molecule has 0 N–H and O–H groups in total. The highest BCUT2D eigenvalue weighted by Crippen LogP contribution is 2.39. The number of thiophene rings is 6. The molecule has 0 radical (unpaired) electrons. The van der Waals surface area contributed by atoms with Crippen LogP contribution in [0.15, 0.2) is 97.1 Å². The minimum Gasteiger partial charge on any atom is -0.141 e. The Morgan fingerprint density at radius 3 is 0.810 bits per heavy atom. The van der Waals surface area contributed by atoms with E-state index in [-0.39, 0.29) is 0 Å². The van der Waals surface area contributed by atoms with E-state index in [1.807, 2.05) is 68.0 Å². The summed E-state index contributed by atoms with van der Waals surface area (Å²) in [5.74, 6) is 0. The van der Waals surface area contributed by atoms with Crippen LogP contribution < -0.4 is 0 Å². The lowest BCUT2D eigenvalue weighted by Crippen LogP contribution is -1.72. The van der Waals surface area contributed by atoms with E-state index in [2.05, 4.69) is 139 Å². The molecule has 0 spiro atoms. The molecule has 42 heavy (non-hydrogen) atoms. The molecule has 7 aromatic rings. The summed E-state index contributed by atoms with van der Waals surface area (Å²) in [5, 5.41) is 0. The van der Waals surface area contributed by atoms with Crippen LogP contribution in [0.3, 0.4) is 0 Å². The fourth-order valence-electron chi connectivity index (χ4n) is 4.18. The Kier molecular flexibility index (Phi) is 10.5. The Hall–Kier alpha value is -2.58. The standard InChI is InChI=1S/C14H12S3.C12H12S.C10H10S2/c1-9-3-5-11(15-9)13-7-8-14(17-13)12-6-4-10(2)16-12;1-9-3-6-11(7-4-9)12-8-5-10(2)13-12;1-7-3-5-9(11-7)10-6-4-8(2)12-10/h3-8H,1-2H3;3-8H,1-2H3;3-6H,1-2H3. The SMILES string of the molecule is Cc1ccc(-c2ccc(-c3ccc(C)s3)s2)s1.Cc1ccc(-c2ccc(C)s2)cc1.Cc1ccc(-c2ccc(C)s2)s1. The van der Waals surface area contributed by atoms with Gasteiger partial charge in [-0.3, -0.25) is 0 Å². The first-order valence-electron chi connectivity index (χ1n) is 13.7. The van der Waals surface area contributed by atoms with Crippen LogP contribution in [0.4, 0.5) is 0 Å². The van der Waals surface area contributed by atoms with Crippen molar-refractivity contribution in [1.82, 2.24) is 0 Å². The fraction of sp³-hybridized carbons (Fsp3) is 0.167. The first kappa shape index (κ1) is 30.9. The van der Waals surface area contributed by atoms with Crippen molar-refractivity contribution in [2.45, 2.75) is 41.5 Å². The number of hydrogen-bond acceptors (Lipinski definition) is 6. The Labute approximate surface area is 274 Å². The lowest BCUT2D eigenvalue weighted by molar-refractivity contribution is 1.48. The van der Waals surface area contributed by atoms with Crippen LogP contribution >= 0.6 is 68.0 Å². The van der Waals surface area contributed by atoms with Crippen LogP contribution in [0.1, 0.15) is 29.9 Å². The molecule has 0 unspecified atom stereocenters. The molecule has 0 saturated carbocycles. The summed E-state index contributed by atoms with van der Waals surface area (Å²) in [4.78, 5) is 16.6. The Bertz CT molecular complexity index is 1750. The van der Waals surface area contributed by atoms with Gasteiger partial charge in [-0.05, 0) is 120 Å². The predicted octanol–water partition coefficient (Wildman–Crippen LogP) is 13.9. The monoisotopic (exact) mass is 658 g/mol. The summed E-state index contributed by atoms with van der Waals surface area (Å²) in [6.07, 6.45) is 0. The smallest absolute Gasteiger partial charge is 0.0449 e. The lowest BCUT2D eigenvalue weighted by Gasteiger charge is -1.97. The molecule has 6 heterocycles. The van der Waals surface area contributed by atoms with Gasteiger partial charge in [0.1, 0.15) is 0 Å². The molecular weight excluding hydrogens is 625 g/mol. The van der Waals surface area contributed by atoms with Gasteiger partial charge in [0.05, 0.1) is 0 Å². The maximum atomic E-state index is 2.24. The molecule has 6 aromatic heterocycles. The van der Waals surface area contributed by atoms with Gasteiger partial charge in [-0.15, -0.1) is 68.0 Å². The van der Waals surface area contributed by atoms with E-state index in [1.165, 1.54) is 69.7 Å². The molecule has 0 aliphatic carbocycles. The molecule has 7 rings (SSSR count). The Balaban J connectivity index is 0.000000129. The molecule has 1 aromatic carbocycles. The van der Waals surface area contributed by atoms with Gasteiger partial charge in [-0.25, -0.2) is 0 Å². The van der Waals surface area contributed by atoms with E-state index >= 15 is 0 Å². The van der Waals surface area contributed by atoms with Crippen molar-refractivity contribution in [3.05, 3.63) is 127 Å². The Morgan fingerprint density at radius 1 is 0.262 bits per heavy atom. The zero-order valence-corrected chi connectivity index (χ0v) is 29.6. The maximum absolute atomic E-state index is 2.24. The minimum absolute atomic E-state index is 1.32. The summed E-state index contributed by atoms with van der Waals surface area (Å²) in [5.41, 5.74) is 2.64. The third-order valence-corrected chi connectivity index (χ3v) is 13.1. The van der Waals surface area contributed by atoms with Gasteiger partial charge in [-0.2, -0.15) is 0 Å². The van der Waals surface area contributed by atoms with Gasteiger partial charge >= 0.3 is 0 Å². The van der Waals surface area contributed by atoms with Crippen LogP contribution in [-0.2, 0) is 0 Å².